The van der Waals surface area contributed by atoms with E-state index in [2.05, 4.69) is 15.5 Å². The molecule has 0 saturated carbocycles. The topological polar surface area (TPSA) is 91.0 Å². The van der Waals surface area contributed by atoms with Gasteiger partial charge in [-0.05, 0) is 25.1 Å². The maximum Gasteiger partial charge on any atom is 0.242 e. The molecule has 1 aliphatic rings. The Kier molecular flexibility index (Phi) is 10.6. The van der Waals surface area contributed by atoms with Crippen molar-refractivity contribution in [2.45, 2.75) is 17.9 Å². The van der Waals surface area contributed by atoms with Crippen LogP contribution in [0.4, 0.5) is 5.69 Å². The number of amides is 1. The van der Waals surface area contributed by atoms with Gasteiger partial charge in [0.1, 0.15) is 5.75 Å². The van der Waals surface area contributed by atoms with E-state index in [0.29, 0.717) is 11.4 Å². The van der Waals surface area contributed by atoms with Crippen LogP contribution in [0.5, 0.6) is 5.75 Å². The van der Waals surface area contributed by atoms with Gasteiger partial charge in [0.2, 0.25) is 15.9 Å². The van der Waals surface area contributed by atoms with E-state index in [1.807, 2.05) is 6.92 Å². The van der Waals surface area contributed by atoms with Crippen molar-refractivity contribution < 1.29 is 17.9 Å². The molecule has 2 rings (SSSR count). The van der Waals surface area contributed by atoms with Crippen LogP contribution in [-0.2, 0) is 14.8 Å². The predicted octanol–water partition coefficient (Wildman–Crippen LogP) is 1.02. The van der Waals surface area contributed by atoms with E-state index in [4.69, 9.17) is 4.74 Å². The molecule has 0 spiro atoms. The van der Waals surface area contributed by atoms with Crippen LogP contribution in [-0.4, -0.2) is 77.0 Å². The number of carbonyl (C=O) groups is 1. The first kappa shape index (κ1) is 25.9. The smallest absolute Gasteiger partial charge is 0.242 e. The molecule has 1 atom stereocenters. The molecular formula is C16H28Cl2N4O4S. The van der Waals surface area contributed by atoms with E-state index in [1.165, 1.54) is 33.3 Å². The molecule has 1 heterocycles. The number of benzene rings is 1. The van der Waals surface area contributed by atoms with Crippen LogP contribution in [0.2, 0.25) is 0 Å². The lowest BCUT2D eigenvalue weighted by molar-refractivity contribution is -0.121. The number of sulfonamides is 1. The van der Waals surface area contributed by atoms with Gasteiger partial charge in [-0.2, -0.15) is 0 Å². The fourth-order valence-corrected chi connectivity index (χ4v) is 3.56. The number of ether oxygens (including phenoxy) is 1. The molecule has 1 amide bonds. The van der Waals surface area contributed by atoms with Crippen LogP contribution in [0, 0.1) is 0 Å². The van der Waals surface area contributed by atoms with Gasteiger partial charge >= 0.3 is 0 Å². The normalized spacial score (nSPS) is 16.0. The molecule has 2 N–H and O–H groups in total. The van der Waals surface area contributed by atoms with Crippen LogP contribution < -0.4 is 15.4 Å². The molecule has 1 unspecified atom stereocenters. The lowest BCUT2D eigenvalue weighted by atomic mass is 10.2. The first-order valence-electron chi connectivity index (χ1n) is 8.13. The number of nitrogens with zero attached hydrogens (tertiary/aromatic N) is 2. The van der Waals surface area contributed by atoms with Crippen molar-refractivity contribution in [3.63, 3.8) is 0 Å². The van der Waals surface area contributed by atoms with Crippen LogP contribution in [0.25, 0.3) is 0 Å². The predicted molar refractivity (Wildman–Crippen MR) is 111 cm³/mol. The first-order chi connectivity index (χ1) is 11.8. The molecule has 11 heteroatoms. The minimum atomic E-state index is -3.59. The van der Waals surface area contributed by atoms with Crippen molar-refractivity contribution >= 4 is 46.4 Å². The van der Waals surface area contributed by atoms with E-state index >= 15 is 0 Å². The number of hydrogen-bond acceptors (Lipinski definition) is 6. The number of carbonyl (C=O) groups excluding carboxylic acids is 1. The van der Waals surface area contributed by atoms with Gasteiger partial charge in [0.05, 0.1) is 23.7 Å². The lowest BCUT2D eigenvalue weighted by Gasteiger charge is -2.32. The van der Waals surface area contributed by atoms with E-state index in [-0.39, 0.29) is 41.7 Å². The van der Waals surface area contributed by atoms with E-state index in [1.54, 1.807) is 6.07 Å². The molecule has 0 aliphatic carbocycles. The summed E-state index contributed by atoms with van der Waals surface area (Å²) in [4.78, 5) is 14.8. The third-order valence-corrected chi connectivity index (χ3v) is 6.10. The van der Waals surface area contributed by atoms with Crippen molar-refractivity contribution in [3.8, 4) is 5.75 Å². The minimum absolute atomic E-state index is 0. The number of methoxy groups -OCH3 is 1. The summed E-state index contributed by atoms with van der Waals surface area (Å²) in [7, 11) is 0.809. The molecule has 1 saturated heterocycles. The van der Waals surface area contributed by atoms with E-state index in [9.17, 15) is 13.2 Å². The van der Waals surface area contributed by atoms with Gasteiger partial charge in [0, 0.05) is 40.3 Å². The summed E-state index contributed by atoms with van der Waals surface area (Å²) in [6.07, 6.45) is 0. The summed E-state index contributed by atoms with van der Waals surface area (Å²) in [6, 6.07) is 4.11. The summed E-state index contributed by atoms with van der Waals surface area (Å²) < 4.78 is 31.0. The largest absolute Gasteiger partial charge is 0.495 e. The second-order valence-electron chi connectivity index (χ2n) is 6.10. The Morgan fingerprint density at radius 1 is 1.26 bits per heavy atom. The zero-order valence-corrected chi connectivity index (χ0v) is 18.3. The summed E-state index contributed by atoms with van der Waals surface area (Å²) in [5, 5.41) is 6.05. The third kappa shape index (κ3) is 6.20. The quantitative estimate of drug-likeness (QED) is 0.683. The van der Waals surface area contributed by atoms with Gasteiger partial charge in [-0.3, -0.25) is 9.69 Å². The van der Waals surface area contributed by atoms with Gasteiger partial charge < -0.3 is 15.4 Å². The Morgan fingerprint density at radius 3 is 2.37 bits per heavy atom. The molecule has 156 valence electrons. The number of anilines is 1. The standard InChI is InChI=1S/C16H26N4O4S.2ClH/c1-12(20-9-7-17-8-10-20)16(21)18-14-11-13(5-6-15(14)24-4)25(22,23)19(2)3;;/h5-6,11-12,17H,7-10H2,1-4H3,(H,18,21);2*1H. The Balaban J connectivity index is 0.00000338. The molecule has 0 aromatic heterocycles. The zero-order valence-electron chi connectivity index (χ0n) is 15.9. The maximum absolute atomic E-state index is 12.6. The van der Waals surface area contributed by atoms with Crippen molar-refractivity contribution in [2.24, 2.45) is 0 Å². The molecule has 8 nitrogen and oxygen atoms in total. The van der Waals surface area contributed by atoms with Gasteiger partial charge in [-0.1, -0.05) is 0 Å². The number of rotatable bonds is 6. The SMILES string of the molecule is COc1ccc(S(=O)(=O)N(C)C)cc1NC(=O)C(C)N1CCNCC1.Cl.Cl. The fourth-order valence-electron chi connectivity index (χ4n) is 2.63. The zero-order chi connectivity index (χ0) is 18.6. The van der Waals surface area contributed by atoms with Crippen molar-refractivity contribution in [3.05, 3.63) is 18.2 Å². The molecular weight excluding hydrogens is 415 g/mol. The number of nitrogens with one attached hydrogen (secondary N) is 2. The molecule has 1 aromatic carbocycles. The molecule has 1 aliphatic heterocycles. The van der Waals surface area contributed by atoms with Crippen molar-refractivity contribution in [2.75, 3.05) is 52.7 Å². The van der Waals surface area contributed by atoms with Crippen molar-refractivity contribution in [1.82, 2.24) is 14.5 Å². The highest BCUT2D eigenvalue weighted by molar-refractivity contribution is 7.89. The maximum atomic E-state index is 12.6. The van der Waals surface area contributed by atoms with Crippen molar-refractivity contribution in [1.29, 1.82) is 0 Å². The summed E-state index contributed by atoms with van der Waals surface area (Å²) in [5.74, 6) is 0.221. The van der Waals surface area contributed by atoms with Crippen LogP contribution in [0.1, 0.15) is 6.92 Å². The average Bonchev–Trinajstić information content (AvgIpc) is 2.61. The molecule has 27 heavy (non-hydrogen) atoms. The number of hydrogen-bond donors (Lipinski definition) is 2. The third-order valence-electron chi connectivity index (χ3n) is 4.29. The highest BCUT2D eigenvalue weighted by atomic mass is 35.5. The highest BCUT2D eigenvalue weighted by Crippen LogP contribution is 2.28. The van der Waals surface area contributed by atoms with Crippen LogP contribution in [0.15, 0.2) is 23.1 Å². The molecule has 1 fully saturated rings. The highest BCUT2D eigenvalue weighted by Gasteiger charge is 2.25. The van der Waals surface area contributed by atoms with Gasteiger partial charge in [0.25, 0.3) is 0 Å². The van der Waals surface area contributed by atoms with Gasteiger partial charge in [0.15, 0.2) is 0 Å². The second-order valence-corrected chi connectivity index (χ2v) is 8.25. The molecule has 1 aromatic rings. The summed E-state index contributed by atoms with van der Waals surface area (Å²) >= 11 is 0. The Labute approximate surface area is 173 Å². The average molecular weight is 443 g/mol. The molecule has 0 radical (unpaired) electrons. The van der Waals surface area contributed by atoms with Gasteiger partial charge in [-0.15, -0.1) is 24.8 Å². The summed E-state index contributed by atoms with van der Waals surface area (Å²) in [5.41, 5.74) is 0.345. The van der Waals surface area contributed by atoms with E-state index < -0.39 is 10.0 Å². The summed E-state index contributed by atoms with van der Waals surface area (Å²) in [6.45, 7) is 5.12. The fraction of sp³-hybridized carbons (Fsp3) is 0.562. The molecule has 0 bridgehead atoms. The number of halogens is 2. The van der Waals surface area contributed by atoms with Crippen LogP contribution in [0.3, 0.4) is 0 Å². The van der Waals surface area contributed by atoms with Gasteiger partial charge in [-0.25, -0.2) is 12.7 Å². The second kappa shape index (κ2) is 11.0. The Morgan fingerprint density at radius 2 is 1.85 bits per heavy atom. The van der Waals surface area contributed by atoms with E-state index in [0.717, 1.165) is 30.5 Å². The lowest BCUT2D eigenvalue weighted by Crippen LogP contribution is -2.51. The first-order valence-corrected chi connectivity index (χ1v) is 9.57. The Bertz CT molecular complexity index is 725. The van der Waals surface area contributed by atoms with Crippen LogP contribution >= 0.6 is 24.8 Å². The number of piperazine rings is 1. The Hall–Kier alpha value is -1.10. The minimum Gasteiger partial charge on any atom is -0.495 e. The monoisotopic (exact) mass is 442 g/mol.